The molecule has 1 saturated heterocycles. The van der Waals surface area contributed by atoms with E-state index in [0.717, 1.165) is 12.2 Å². The molecule has 1 aliphatic rings. The van der Waals surface area contributed by atoms with E-state index in [1.54, 1.807) is 30.9 Å². The van der Waals surface area contributed by atoms with Crippen LogP contribution in [0.2, 0.25) is 0 Å². The maximum Gasteiger partial charge on any atom is 0.257 e. The first-order chi connectivity index (χ1) is 14.3. The van der Waals surface area contributed by atoms with Gasteiger partial charge in [-0.1, -0.05) is 18.2 Å². The average Bonchev–Trinajstić information content (AvgIpc) is 2.81. The molecule has 0 N–H and O–H groups in total. The molecule has 8 heteroatoms. The van der Waals surface area contributed by atoms with Gasteiger partial charge in [0.1, 0.15) is 0 Å². The SMILES string of the molecule is CCN(c1ccccc1)c1ncc(C(=O)N2CCN(c3ncccn3)CC2)cn1. The lowest BCUT2D eigenvalue weighted by Crippen LogP contribution is -2.49. The molecule has 0 bridgehead atoms. The van der Waals surface area contributed by atoms with Crippen LogP contribution in [0.25, 0.3) is 0 Å². The number of amides is 1. The number of para-hydroxylation sites is 1. The highest BCUT2D eigenvalue weighted by Gasteiger charge is 2.24. The van der Waals surface area contributed by atoms with Gasteiger partial charge in [-0.25, -0.2) is 19.9 Å². The summed E-state index contributed by atoms with van der Waals surface area (Å²) in [7, 11) is 0. The molecular formula is C21H23N7O. The summed E-state index contributed by atoms with van der Waals surface area (Å²) in [6.07, 6.45) is 6.69. The van der Waals surface area contributed by atoms with Gasteiger partial charge in [0, 0.05) is 63.2 Å². The Bertz CT molecular complexity index is 926. The number of carbonyl (C=O) groups excluding carboxylic acids is 1. The monoisotopic (exact) mass is 389 g/mol. The molecule has 4 rings (SSSR count). The van der Waals surface area contributed by atoms with Gasteiger partial charge in [0.25, 0.3) is 5.91 Å². The van der Waals surface area contributed by atoms with E-state index in [-0.39, 0.29) is 5.91 Å². The third-order valence-electron chi connectivity index (χ3n) is 4.91. The predicted octanol–water partition coefficient (Wildman–Crippen LogP) is 2.39. The van der Waals surface area contributed by atoms with Crippen LogP contribution < -0.4 is 9.80 Å². The smallest absolute Gasteiger partial charge is 0.257 e. The summed E-state index contributed by atoms with van der Waals surface area (Å²) in [5, 5.41) is 0. The van der Waals surface area contributed by atoms with E-state index in [2.05, 4.69) is 24.8 Å². The van der Waals surface area contributed by atoms with Gasteiger partial charge in [-0.2, -0.15) is 0 Å². The van der Waals surface area contributed by atoms with Crippen LogP contribution in [0.4, 0.5) is 17.6 Å². The third kappa shape index (κ3) is 4.16. The topological polar surface area (TPSA) is 78.4 Å². The van der Waals surface area contributed by atoms with Crippen LogP contribution >= 0.6 is 0 Å². The maximum atomic E-state index is 12.8. The molecule has 1 amide bonds. The standard InChI is InChI=1S/C21H23N7O/c1-2-28(18-7-4-3-5-8-18)21-24-15-17(16-25-21)19(29)26-11-13-27(14-12-26)20-22-9-6-10-23-20/h3-10,15-16H,2,11-14H2,1H3. The van der Waals surface area contributed by atoms with E-state index < -0.39 is 0 Å². The van der Waals surface area contributed by atoms with Gasteiger partial charge in [0.05, 0.1) is 5.56 Å². The van der Waals surface area contributed by atoms with E-state index >= 15 is 0 Å². The van der Waals surface area contributed by atoms with Crippen LogP contribution in [0.5, 0.6) is 0 Å². The summed E-state index contributed by atoms with van der Waals surface area (Å²) < 4.78 is 0. The van der Waals surface area contributed by atoms with E-state index in [1.807, 2.05) is 47.1 Å². The Kier molecular flexibility index (Phi) is 5.60. The van der Waals surface area contributed by atoms with Gasteiger partial charge in [0.15, 0.2) is 0 Å². The molecule has 1 aromatic carbocycles. The Morgan fingerprint density at radius 1 is 0.931 bits per heavy atom. The van der Waals surface area contributed by atoms with Crippen LogP contribution in [0.1, 0.15) is 17.3 Å². The van der Waals surface area contributed by atoms with Crippen LogP contribution in [-0.2, 0) is 0 Å². The minimum Gasteiger partial charge on any atom is -0.337 e. The first-order valence-corrected chi connectivity index (χ1v) is 9.72. The molecule has 3 aromatic rings. The lowest BCUT2D eigenvalue weighted by molar-refractivity contribution is 0.0745. The zero-order valence-electron chi connectivity index (χ0n) is 16.3. The minimum atomic E-state index is -0.0482. The zero-order chi connectivity index (χ0) is 20.1. The van der Waals surface area contributed by atoms with Crippen molar-refractivity contribution < 1.29 is 4.79 Å². The Balaban J connectivity index is 1.41. The van der Waals surface area contributed by atoms with Crippen molar-refractivity contribution in [2.75, 3.05) is 42.5 Å². The number of rotatable bonds is 5. The number of carbonyl (C=O) groups is 1. The summed E-state index contributed by atoms with van der Waals surface area (Å²) in [5.41, 5.74) is 1.52. The molecule has 0 atom stereocenters. The summed E-state index contributed by atoms with van der Waals surface area (Å²) in [4.78, 5) is 36.2. The second-order valence-electron chi connectivity index (χ2n) is 6.68. The number of piperazine rings is 1. The molecular weight excluding hydrogens is 366 g/mol. The van der Waals surface area contributed by atoms with E-state index in [9.17, 15) is 4.79 Å². The molecule has 1 fully saturated rings. The molecule has 8 nitrogen and oxygen atoms in total. The summed E-state index contributed by atoms with van der Waals surface area (Å²) in [6, 6.07) is 11.8. The number of anilines is 3. The Morgan fingerprint density at radius 3 is 2.21 bits per heavy atom. The van der Waals surface area contributed by atoms with Crippen molar-refractivity contribution in [3.05, 3.63) is 66.7 Å². The van der Waals surface area contributed by atoms with Crippen LogP contribution in [0.15, 0.2) is 61.2 Å². The number of aromatic nitrogens is 4. The Hall–Kier alpha value is -3.55. The van der Waals surface area contributed by atoms with Crippen molar-refractivity contribution >= 4 is 23.5 Å². The third-order valence-corrected chi connectivity index (χ3v) is 4.91. The molecule has 1 aliphatic heterocycles. The van der Waals surface area contributed by atoms with Crippen molar-refractivity contribution in [2.45, 2.75) is 6.92 Å². The highest BCUT2D eigenvalue weighted by atomic mass is 16.2. The Labute approximate surface area is 169 Å². The summed E-state index contributed by atoms with van der Waals surface area (Å²) in [5.74, 6) is 1.24. The number of hydrogen-bond acceptors (Lipinski definition) is 7. The highest BCUT2D eigenvalue weighted by Crippen LogP contribution is 2.21. The average molecular weight is 389 g/mol. The highest BCUT2D eigenvalue weighted by molar-refractivity contribution is 5.93. The fourth-order valence-electron chi connectivity index (χ4n) is 3.37. The lowest BCUT2D eigenvalue weighted by atomic mass is 10.2. The summed E-state index contributed by atoms with van der Waals surface area (Å²) >= 11 is 0. The molecule has 2 aromatic heterocycles. The fraction of sp³-hybridized carbons (Fsp3) is 0.286. The molecule has 3 heterocycles. The predicted molar refractivity (Wildman–Crippen MR) is 111 cm³/mol. The van der Waals surface area contributed by atoms with Gasteiger partial charge < -0.3 is 14.7 Å². The van der Waals surface area contributed by atoms with Crippen LogP contribution in [0, 0.1) is 0 Å². The zero-order valence-corrected chi connectivity index (χ0v) is 16.3. The maximum absolute atomic E-state index is 12.8. The molecule has 0 radical (unpaired) electrons. The van der Waals surface area contributed by atoms with E-state index in [0.29, 0.717) is 43.6 Å². The molecule has 148 valence electrons. The molecule has 0 spiro atoms. The molecule has 0 saturated carbocycles. The van der Waals surface area contributed by atoms with Gasteiger partial charge in [-0.05, 0) is 25.1 Å². The molecule has 29 heavy (non-hydrogen) atoms. The van der Waals surface area contributed by atoms with Gasteiger partial charge in [-0.3, -0.25) is 4.79 Å². The second-order valence-corrected chi connectivity index (χ2v) is 6.68. The van der Waals surface area contributed by atoms with Crippen LogP contribution in [0.3, 0.4) is 0 Å². The van der Waals surface area contributed by atoms with Gasteiger partial charge in [-0.15, -0.1) is 0 Å². The van der Waals surface area contributed by atoms with Gasteiger partial charge >= 0.3 is 0 Å². The first kappa shape index (κ1) is 18.8. The fourth-order valence-corrected chi connectivity index (χ4v) is 3.37. The molecule has 0 unspecified atom stereocenters. The normalized spacial score (nSPS) is 14.0. The number of nitrogens with zero attached hydrogens (tertiary/aromatic N) is 7. The van der Waals surface area contributed by atoms with Crippen molar-refractivity contribution in [2.24, 2.45) is 0 Å². The van der Waals surface area contributed by atoms with E-state index in [4.69, 9.17) is 0 Å². The quantitative estimate of drug-likeness (QED) is 0.663. The van der Waals surface area contributed by atoms with E-state index in [1.165, 1.54) is 0 Å². The van der Waals surface area contributed by atoms with Crippen LogP contribution in [-0.4, -0.2) is 63.5 Å². The molecule has 0 aliphatic carbocycles. The van der Waals surface area contributed by atoms with Gasteiger partial charge in [0.2, 0.25) is 11.9 Å². The van der Waals surface area contributed by atoms with Crippen molar-refractivity contribution in [1.29, 1.82) is 0 Å². The minimum absolute atomic E-state index is 0.0482. The van der Waals surface area contributed by atoms with Crippen molar-refractivity contribution in [1.82, 2.24) is 24.8 Å². The lowest BCUT2D eigenvalue weighted by Gasteiger charge is -2.34. The number of benzene rings is 1. The largest absolute Gasteiger partial charge is 0.337 e. The van der Waals surface area contributed by atoms with Crippen molar-refractivity contribution in [3.63, 3.8) is 0 Å². The number of hydrogen-bond donors (Lipinski definition) is 0. The second kappa shape index (κ2) is 8.64. The Morgan fingerprint density at radius 2 is 1.59 bits per heavy atom. The van der Waals surface area contributed by atoms with Crippen molar-refractivity contribution in [3.8, 4) is 0 Å². The first-order valence-electron chi connectivity index (χ1n) is 9.72. The summed E-state index contributed by atoms with van der Waals surface area (Å²) in [6.45, 7) is 5.42.